The number of hydrogen-bond acceptors (Lipinski definition) is 5. The SMILES string of the molecule is C[C@@H](c1ccc2c(c1)OCO2)N1CCN(C(=N)SC(N)=[NH2+])CC1. The third-order valence-electron chi connectivity index (χ3n) is 4.24. The van der Waals surface area contributed by atoms with E-state index in [1.54, 1.807) is 0 Å². The van der Waals surface area contributed by atoms with Gasteiger partial charge in [0.05, 0.1) is 0 Å². The maximum Gasteiger partial charge on any atom is 0.307 e. The molecule has 0 saturated carbocycles. The van der Waals surface area contributed by atoms with Crippen LogP contribution in [0.1, 0.15) is 18.5 Å². The van der Waals surface area contributed by atoms with Crippen LogP contribution in [-0.4, -0.2) is 53.1 Å². The molecule has 0 unspecified atom stereocenters. The van der Waals surface area contributed by atoms with E-state index in [9.17, 15) is 0 Å². The average Bonchev–Trinajstić information content (AvgIpc) is 3.01. The summed E-state index contributed by atoms with van der Waals surface area (Å²) in [5, 5.41) is 14.1. The topological polar surface area (TPSA) is 100 Å². The molecule has 1 fully saturated rings. The zero-order valence-corrected chi connectivity index (χ0v) is 13.9. The van der Waals surface area contributed by atoms with Crippen LogP contribution < -0.4 is 20.6 Å². The maximum absolute atomic E-state index is 7.99. The number of amidine groups is 2. The van der Waals surface area contributed by atoms with Crippen LogP contribution in [0.3, 0.4) is 0 Å². The highest BCUT2D eigenvalue weighted by molar-refractivity contribution is 8.26. The van der Waals surface area contributed by atoms with Crippen LogP contribution in [0.25, 0.3) is 0 Å². The average molecular weight is 336 g/mol. The molecule has 23 heavy (non-hydrogen) atoms. The summed E-state index contributed by atoms with van der Waals surface area (Å²) < 4.78 is 10.8. The minimum atomic E-state index is 0.214. The molecule has 0 aliphatic carbocycles. The lowest BCUT2D eigenvalue weighted by Crippen LogP contribution is -2.50. The van der Waals surface area contributed by atoms with Crippen molar-refractivity contribution in [2.45, 2.75) is 13.0 Å². The second-order valence-corrected chi connectivity index (χ2v) is 6.68. The van der Waals surface area contributed by atoms with E-state index in [1.807, 2.05) is 11.0 Å². The van der Waals surface area contributed by atoms with Crippen molar-refractivity contribution in [2.24, 2.45) is 5.73 Å². The Kier molecular flexibility index (Phi) is 4.63. The molecule has 1 aromatic rings. The Morgan fingerprint density at radius 2 is 1.96 bits per heavy atom. The van der Waals surface area contributed by atoms with Crippen molar-refractivity contribution < 1.29 is 14.9 Å². The molecule has 1 aromatic carbocycles. The van der Waals surface area contributed by atoms with Gasteiger partial charge in [0.25, 0.3) is 0 Å². The van der Waals surface area contributed by atoms with Gasteiger partial charge in [0.1, 0.15) is 0 Å². The largest absolute Gasteiger partial charge is 0.454 e. The fraction of sp³-hybridized carbons (Fsp3) is 0.467. The number of rotatable bonds is 2. The van der Waals surface area contributed by atoms with Crippen molar-refractivity contribution in [3.05, 3.63) is 23.8 Å². The van der Waals surface area contributed by atoms with Crippen molar-refractivity contribution in [2.75, 3.05) is 33.0 Å². The number of fused-ring (bicyclic) bond motifs is 1. The van der Waals surface area contributed by atoms with Gasteiger partial charge in [-0.05, 0) is 24.6 Å². The first-order valence-electron chi connectivity index (χ1n) is 7.57. The number of thioether (sulfide) groups is 1. The fourth-order valence-electron chi connectivity index (χ4n) is 2.87. The van der Waals surface area contributed by atoms with E-state index >= 15 is 0 Å². The number of nitrogens with two attached hydrogens (primary N) is 2. The molecule has 0 amide bonds. The van der Waals surface area contributed by atoms with Gasteiger partial charge in [-0.1, -0.05) is 6.07 Å². The Morgan fingerprint density at radius 1 is 1.26 bits per heavy atom. The number of nitrogens with one attached hydrogen (secondary N) is 1. The number of hydrogen-bond donors (Lipinski definition) is 3. The molecule has 2 heterocycles. The summed E-state index contributed by atoms with van der Waals surface area (Å²) in [5.41, 5.74) is 6.67. The Hall–Kier alpha value is -1.93. The zero-order valence-electron chi connectivity index (χ0n) is 13.1. The zero-order chi connectivity index (χ0) is 16.4. The second kappa shape index (κ2) is 6.67. The van der Waals surface area contributed by atoms with Crippen LogP contribution in [0, 0.1) is 5.41 Å². The highest BCUT2D eigenvalue weighted by atomic mass is 32.2. The van der Waals surface area contributed by atoms with Gasteiger partial charge < -0.3 is 14.4 Å². The molecule has 1 saturated heterocycles. The van der Waals surface area contributed by atoms with Crippen molar-refractivity contribution in [1.29, 1.82) is 5.41 Å². The Morgan fingerprint density at radius 3 is 2.65 bits per heavy atom. The monoisotopic (exact) mass is 336 g/mol. The fourth-order valence-corrected chi connectivity index (χ4v) is 3.41. The molecule has 0 radical (unpaired) electrons. The molecule has 2 aliphatic rings. The minimum Gasteiger partial charge on any atom is -0.454 e. The Labute approximate surface area is 139 Å². The lowest BCUT2D eigenvalue weighted by atomic mass is 10.1. The van der Waals surface area contributed by atoms with Gasteiger partial charge in [-0.25, -0.2) is 0 Å². The Bertz CT molecular complexity index is 616. The normalized spacial score (nSPS) is 18.7. The molecular formula is C15H22N5O2S+. The summed E-state index contributed by atoms with van der Waals surface area (Å²) in [4.78, 5) is 4.41. The summed E-state index contributed by atoms with van der Waals surface area (Å²) in [6.07, 6.45) is 0. The van der Waals surface area contributed by atoms with Crippen molar-refractivity contribution in [1.82, 2.24) is 9.80 Å². The highest BCUT2D eigenvalue weighted by Gasteiger charge is 2.25. The molecule has 0 bridgehead atoms. The number of benzene rings is 1. The van der Waals surface area contributed by atoms with Crippen LogP contribution >= 0.6 is 11.8 Å². The summed E-state index contributed by atoms with van der Waals surface area (Å²) in [7, 11) is 0. The Balaban J connectivity index is 1.59. The summed E-state index contributed by atoms with van der Waals surface area (Å²) in [5.74, 6) is 1.63. The van der Waals surface area contributed by atoms with E-state index < -0.39 is 0 Å². The molecule has 3 rings (SSSR count). The predicted molar refractivity (Wildman–Crippen MR) is 90.6 cm³/mol. The molecule has 7 nitrogen and oxygen atoms in total. The van der Waals surface area contributed by atoms with Gasteiger partial charge in [0.15, 0.2) is 16.7 Å². The van der Waals surface area contributed by atoms with Crippen LogP contribution in [0.5, 0.6) is 11.5 Å². The first-order valence-corrected chi connectivity index (χ1v) is 8.39. The van der Waals surface area contributed by atoms with Gasteiger partial charge >= 0.3 is 5.17 Å². The van der Waals surface area contributed by atoms with Crippen molar-refractivity contribution >= 4 is 22.1 Å². The van der Waals surface area contributed by atoms with Gasteiger partial charge in [-0.3, -0.25) is 21.5 Å². The molecular weight excluding hydrogens is 314 g/mol. The molecule has 1 atom stereocenters. The molecule has 0 spiro atoms. The lowest BCUT2D eigenvalue weighted by Gasteiger charge is -2.38. The molecule has 0 aromatic heterocycles. The van der Waals surface area contributed by atoms with Gasteiger partial charge in [-0.15, -0.1) is 0 Å². The number of ether oxygens (including phenoxy) is 2. The van der Waals surface area contributed by atoms with Crippen LogP contribution in [-0.2, 0) is 0 Å². The van der Waals surface area contributed by atoms with E-state index in [2.05, 4.69) is 24.0 Å². The van der Waals surface area contributed by atoms with Gasteiger partial charge in [0.2, 0.25) is 6.79 Å². The van der Waals surface area contributed by atoms with Crippen LogP contribution in [0.4, 0.5) is 0 Å². The molecule has 8 heteroatoms. The summed E-state index contributed by atoms with van der Waals surface area (Å²) in [6, 6.07) is 6.41. The van der Waals surface area contributed by atoms with Gasteiger partial charge in [0, 0.05) is 44.0 Å². The molecule has 2 aliphatic heterocycles. The second-order valence-electron chi connectivity index (χ2n) is 5.62. The molecule has 5 N–H and O–H groups in total. The van der Waals surface area contributed by atoms with E-state index in [0.717, 1.165) is 49.4 Å². The molecule has 124 valence electrons. The van der Waals surface area contributed by atoms with E-state index in [4.69, 9.17) is 26.0 Å². The predicted octanol–water partition coefficient (Wildman–Crippen LogP) is -0.164. The highest BCUT2D eigenvalue weighted by Crippen LogP contribution is 2.35. The van der Waals surface area contributed by atoms with Crippen LogP contribution in [0.2, 0.25) is 0 Å². The third kappa shape index (κ3) is 3.53. The van der Waals surface area contributed by atoms with E-state index in [0.29, 0.717) is 18.0 Å². The van der Waals surface area contributed by atoms with Crippen LogP contribution in [0.15, 0.2) is 18.2 Å². The first kappa shape index (κ1) is 15.9. The number of piperazine rings is 1. The van der Waals surface area contributed by atoms with Crippen molar-refractivity contribution in [3.8, 4) is 11.5 Å². The maximum atomic E-state index is 7.99. The number of nitrogens with zero attached hydrogens (tertiary/aromatic N) is 2. The standard InChI is InChI=1S/C15H21N5O2S/c1-10(11-2-3-12-13(8-11)22-9-21-12)19-4-6-20(7-5-19)15(18)23-14(16)17/h2-3,8,10,18H,4-7,9H2,1H3,(H3,16,17)/p+1/t10-/m0/s1. The summed E-state index contributed by atoms with van der Waals surface area (Å²) in [6.45, 7) is 5.87. The van der Waals surface area contributed by atoms with Gasteiger partial charge in [-0.2, -0.15) is 0 Å². The third-order valence-corrected chi connectivity index (χ3v) is 4.93. The smallest absolute Gasteiger partial charge is 0.307 e. The lowest BCUT2D eigenvalue weighted by molar-refractivity contribution is -0.109. The van der Waals surface area contributed by atoms with E-state index in [-0.39, 0.29) is 5.17 Å². The first-order chi connectivity index (χ1) is 11.0. The summed E-state index contributed by atoms with van der Waals surface area (Å²) >= 11 is 1.11. The van der Waals surface area contributed by atoms with E-state index in [1.165, 1.54) is 5.56 Å². The minimum absolute atomic E-state index is 0.214. The van der Waals surface area contributed by atoms with Crippen molar-refractivity contribution in [3.63, 3.8) is 0 Å². The quantitative estimate of drug-likeness (QED) is 0.512.